The van der Waals surface area contributed by atoms with E-state index in [-0.39, 0.29) is 11.9 Å². The summed E-state index contributed by atoms with van der Waals surface area (Å²) in [6.45, 7) is 3.11. The van der Waals surface area contributed by atoms with E-state index in [9.17, 15) is 4.79 Å². The van der Waals surface area contributed by atoms with E-state index in [2.05, 4.69) is 25.7 Å². The van der Waals surface area contributed by atoms with Crippen LogP contribution in [0, 0.1) is 6.92 Å². The summed E-state index contributed by atoms with van der Waals surface area (Å²) in [7, 11) is 0. The van der Waals surface area contributed by atoms with Gasteiger partial charge in [-0.05, 0) is 43.7 Å². The molecule has 4 aromatic rings. The average Bonchev–Trinajstić information content (AvgIpc) is 3.46. The molecule has 1 unspecified atom stereocenters. The van der Waals surface area contributed by atoms with Gasteiger partial charge in [-0.2, -0.15) is 0 Å². The Morgan fingerprint density at radius 1 is 1.19 bits per heavy atom. The van der Waals surface area contributed by atoms with Crippen molar-refractivity contribution in [2.75, 3.05) is 18.5 Å². The number of amides is 1. The van der Waals surface area contributed by atoms with Crippen LogP contribution < -0.4 is 10.6 Å². The standard InChI is InChI=1S/C22H21N7O2/c1-14-4-2-5-18(24-14)20-27-21(19-6-3-10-29(19)28-20)26-17-7-9-23-12-16(17)22(30)25-15-8-11-31-13-15/h2-7,9-10,12,15H,8,11,13H2,1H3,(H,25,30)(H,23,26,27,28). The smallest absolute Gasteiger partial charge is 0.255 e. The highest BCUT2D eigenvalue weighted by Crippen LogP contribution is 2.25. The molecule has 9 heteroatoms. The lowest BCUT2D eigenvalue weighted by atomic mass is 10.2. The number of carbonyl (C=O) groups is 1. The Kier molecular flexibility index (Phi) is 5.01. The molecule has 0 spiro atoms. The van der Waals surface area contributed by atoms with Crippen LogP contribution in [0.2, 0.25) is 0 Å². The van der Waals surface area contributed by atoms with Crippen LogP contribution in [0.3, 0.4) is 0 Å². The Balaban J connectivity index is 1.51. The van der Waals surface area contributed by atoms with Crippen LogP contribution in [0.1, 0.15) is 22.5 Å². The number of nitrogens with one attached hydrogen (secondary N) is 2. The van der Waals surface area contributed by atoms with Crippen LogP contribution in [0.15, 0.2) is 55.0 Å². The number of ether oxygens (including phenoxy) is 1. The second-order valence-corrected chi connectivity index (χ2v) is 7.37. The number of rotatable bonds is 5. The maximum atomic E-state index is 12.9. The SMILES string of the molecule is Cc1cccc(-c2nc(Nc3ccncc3C(=O)NC3CCOC3)c3cccn3n2)n1. The molecule has 0 aromatic carbocycles. The van der Waals surface area contributed by atoms with Crippen molar-refractivity contribution < 1.29 is 9.53 Å². The molecular weight excluding hydrogens is 394 g/mol. The van der Waals surface area contributed by atoms with Crippen molar-refractivity contribution in [2.24, 2.45) is 0 Å². The third kappa shape index (κ3) is 3.95. The molecule has 9 nitrogen and oxygen atoms in total. The zero-order chi connectivity index (χ0) is 21.2. The first-order valence-corrected chi connectivity index (χ1v) is 10.1. The molecule has 1 aliphatic heterocycles. The van der Waals surface area contributed by atoms with Gasteiger partial charge in [-0.1, -0.05) is 6.07 Å². The number of aryl methyl sites for hydroxylation is 1. The zero-order valence-corrected chi connectivity index (χ0v) is 16.9. The maximum absolute atomic E-state index is 12.9. The second kappa shape index (κ2) is 8.11. The van der Waals surface area contributed by atoms with Gasteiger partial charge >= 0.3 is 0 Å². The van der Waals surface area contributed by atoms with Crippen molar-refractivity contribution in [2.45, 2.75) is 19.4 Å². The number of hydrogen-bond acceptors (Lipinski definition) is 7. The van der Waals surface area contributed by atoms with Crippen LogP contribution in [0.5, 0.6) is 0 Å². The topological polar surface area (TPSA) is 106 Å². The van der Waals surface area contributed by atoms with Crippen LogP contribution >= 0.6 is 0 Å². The minimum Gasteiger partial charge on any atom is -0.379 e. The summed E-state index contributed by atoms with van der Waals surface area (Å²) >= 11 is 0. The van der Waals surface area contributed by atoms with E-state index >= 15 is 0 Å². The number of aromatic nitrogens is 5. The van der Waals surface area contributed by atoms with Crippen LogP contribution in [0.25, 0.3) is 17.0 Å². The van der Waals surface area contributed by atoms with Crippen molar-refractivity contribution in [1.29, 1.82) is 0 Å². The predicted octanol–water partition coefficient (Wildman–Crippen LogP) is 2.76. The van der Waals surface area contributed by atoms with Crippen LogP contribution in [-0.4, -0.2) is 49.7 Å². The fraction of sp³-hybridized carbons (Fsp3) is 0.227. The summed E-state index contributed by atoms with van der Waals surface area (Å²) < 4.78 is 7.09. The van der Waals surface area contributed by atoms with E-state index < -0.39 is 0 Å². The average molecular weight is 415 g/mol. The molecule has 1 atom stereocenters. The summed E-state index contributed by atoms with van der Waals surface area (Å²) in [5.41, 5.74) is 3.38. The number of fused-ring (bicyclic) bond motifs is 1. The highest BCUT2D eigenvalue weighted by Gasteiger charge is 2.21. The summed E-state index contributed by atoms with van der Waals surface area (Å²) in [5, 5.41) is 10.9. The molecule has 1 saturated heterocycles. The lowest BCUT2D eigenvalue weighted by Crippen LogP contribution is -2.35. The molecule has 1 amide bonds. The molecule has 0 aliphatic carbocycles. The summed E-state index contributed by atoms with van der Waals surface area (Å²) in [4.78, 5) is 26.2. The van der Waals surface area contributed by atoms with Gasteiger partial charge in [0.15, 0.2) is 5.82 Å². The van der Waals surface area contributed by atoms with Crippen molar-refractivity contribution in [3.8, 4) is 11.5 Å². The Morgan fingerprint density at radius 2 is 2.13 bits per heavy atom. The highest BCUT2D eigenvalue weighted by atomic mass is 16.5. The molecule has 0 bridgehead atoms. The lowest BCUT2D eigenvalue weighted by Gasteiger charge is -2.15. The van der Waals surface area contributed by atoms with E-state index in [0.29, 0.717) is 41.8 Å². The number of carbonyl (C=O) groups excluding carboxylic acids is 1. The molecule has 5 heterocycles. The van der Waals surface area contributed by atoms with E-state index in [1.54, 1.807) is 23.0 Å². The molecule has 1 aliphatic rings. The Labute approximate surface area is 178 Å². The Bertz CT molecular complexity index is 1250. The monoisotopic (exact) mass is 415 g/mol. The van der Waals surface area contributed by atoms with Gasteiger partial charge in [0.05, 0.1) is 23.9 Å². The van der Waals surface area contributed by atoms with Gasteiger partial charge in [-0.3, -0.25) is 9.78 Å². The molecule has 156 valence electrons. The van der Waals surface area contributed by atoms with E-state index in [0.717, 1.165) is 17.6 Å². The van der Waals surface area contributed by atoms with Gasteiger partial charge in [0.2, 0.25) is 5.82 Å². The second-order valence-electron chi connectivity index (χ2n) is 7.37. The summed E-state index contributed by atoms with van der Waals surface area (Å²) in [5.74, 6) is 0.855. The van der Waals surface area contributed by atoms with Gasteiger partial charge in [0.25, 0.3) is 5.91 Å². The minimum atomic E-state index is -0.202. The maximum Gasteiger partial charge on any atom is 0.255 e. The normalized spacial score (nSPS) is 15.8. The lowest BCUT2D eigenvalue weighted by molar-refractivity contribution is 0.0930. The number of hydrogen-bond donors (Lipinski definition) is 2. The van der Waals surface area contributed by atoms with Gasteiger partial charge in [-0.25, -0.2) is 14.5 Å². The zero-order valence-electron chi connectivity index (χ0n) is 16.9. The predicted molar refractivity (Wildman–Crippen MR) is 115 cm³/mol. The fourth-order valence-corrected chi connectivity index (χ4v) is 3.53. The van der Waals surface area contributed by atoms with Gasteiger partial charge in [-0.15, -0.1) is 5.10 Å². The van der Waals surface area contributed by atoms with Crippen LogP contribution in [-0.2, 0) is 4.74 Å². The summed E-state index contributed by atoms with van der Waals surface area (Å²) in [6, 6.07) is 11.3. The van der Waals surface area contributed by atoms with E-state index in [4.69, 9.17) is 9.72 Å². The quantitative estimate of drug-likeness (QED) is 0.516. The molecule has 5 rings (SSSR count). The third-order valence-corrected chi connectivity index (χ3v) is 5.09. The molecule has 1 fully saturated rings. The van der Waals surface area contributed by atoms with Crippen molar-refractivity contribution in [1.82, 2.24) is 29.9 Å². The van der Waals surface area contributed by atoms with Crippen molar-refractivity contribution >= 4 is 22.9 Å². The molecule has 2 N–H and O–H groups in total. The summed E-state index contributed by atoms with van der Waals surface area (Å²) in [6.07, 6.45) is 5.84. The third-order valence-electron chi connectivity index (χ3n) is 5.09. The first-order valence-electron chi connectivity index (χ1n) is 10.1. The number of pyridine rings is 2. The van der Waals surface area contributed by atoms with E-state index in [1.807, 2.05) is 43.5 Å². The van der Waals surface area contributed by atoms with Crippen molar-refractivity contribution in [3.63, 3.8) is 0 Å². The highest BCUT2D eigenvalue weighted by molar-refractivity contribution is 6.00. The number of anilines is 2. The first-order chi connectivity index (χ1) is 15.2. The van der Waals surface area contributed by atoms with Crippen LogP contribution in [0.4, 0.5) is 11.5 Å². The van der Waals surface area contributed by atoms with E-state index in [1.165, 1.54) is 0 Å². The van der Waals surface area contributed by atoms with Gasteiger partial charge < -0.3 is 15.4 Å². The minimum absolute atomic E-state index is 0.0101. The fourth-order valence-electron chi connectivity index (χ4n) is 3.53. The molecule has 0 radical (unpaired) electrons. The molecular formula is C22H21N7O2. The molecule has 4 aromatic heterocycles. The first kappa shape index (κ1) is 19.1. The molecule has 0 saturated carbocycles. The number of nitrogens with zero attached hydrogens (tertiary/aromatic N) is 5. The molecule has 31 heavy (non-hydrogen) atoms. The Hall–Kier alpha value is -3.85. The van der Waals surface area contributed by atoms with Gasteiger partial charge in [0, 0.05) is 30.9 Å². The van der Waals surface area contributed by atoms with Crippen molar-refractivity contribution in [3.05, 3.63) is 66.2 Å². The Morgan fingerprint density at radius 3 is 2.97 bits per heavy atom. The largest absolute Gasteiger partial charge is 0.379 e. The van der Waals surface area contributed by atoms with Gasteiger partial charge in [0.1, 0.15) is 11.2 Å².